The lowest BCUT2D eigenvalue weighted by molar-refractivity contribution is -0.142. The van der Waals surface area contributed by atoms with Gasteiger partial charge in [-0.3, -0.25) is 14.5 Å². The molecule has 0 aliphatic rings. The Morgan fingerprint density at radius 3 is 2.79 bits per heavy atom. The van der Waals surface area contributed by atoms with E-state index >= 15 is 0 Å². The maximum absolute atomic E-state index is 11.8. The SMILES string of the molecule is CCN(CC(=O)Nc1cccnc1Cl)CC(=O)OC. The van der Waals surface area contributed by atoms with E-state index in [2.05, 4.69) is 15.0 Å². The second-order valence-corrected chi connectivity index (χ2v) is 4.13. The number of aromatic nitrogens is 1. The van der Waals surface area contributed by atoms with Crippen LogP contribution < -0.4 is 5.32 Å². The summed E-state index contributed by atoms with van der Waals surface area (Å²) in [5, 5.41) is 2.87. The van der Waals surface area contributed by atoms with E-state index in [0.29, 0.717) is 12.2 Å². The van der Waals surface area contributed by atoms with E-state index in [0.717, 1.165) is 0 Å². The summed E-state index contributed by atoms with van der Waals surface area (Å²) in [6.07, 6.45) is 1.54. The molecule has 1 rings (SSSR count). The smallest absolute Gasteiger partial charge is 0.319 e. The standard InChI is InChI=1S/C12H16ClN3O3/c1-3-16(8-11(18)19-2)7-10(17)15-9-5-4-6-14-12(9)13/h4-6H,3,7-8H2,1-2H3,(H,15,17). The molecule has 0 saturated heterocycles. The Hall–Kier alpha value is -1.66. The van der Waals surface area contributed by atoms with E-state index in [4.69, 9.17) is 11.6 Å². The molecule has 0 saturated carbocycles. The lowest BCUT2D eigenvalue weighted by atomic mass is 10.4. The van der Waals surface area contributed by atoms with Gasteiger partial charge in [0.25, 0.3) is 0 Å². The van der Waals surface area contributed by atoms with Crippen molar-refractivity contribution in [1.82, 2.24) is 9.88 Å². The van der Waals surface area contributed by atoms with Crippen molar-refractivity contribution in [2.75, 3.05) is 32.1 Å². The number of likely N-dealkylation sites (N-methyl/N-ethyl adjacent to an activating group) is 1. The molecule has 0 aliphatic carbocycles. The predicted molar refractivity (Wildman–Crippen MR) is 72.0 cm³/mol. The molecule has 1 amide bonds. The normalized spacial score (nSPS) is 10.3. The van der Waals surface area contributed by atoms with Gasteiger partial charge in [-0.2, -0.15) is 0 Å². The number of nitrogens with one attached hydrogen (secondary N) is 1. The predicted octanol–water partition coefficient (Wildman–Crippen LogP) is 1.17. The molecule has 1 aromatic heterocycles. The van der Waals surface area contributed by atoms with Crippen LogP contribution in [-0.4, -0.2) is 48.5 Å². The van der Waals surface area contributed by atoms with Gasteiger partial charge in [-0.05, 0) is 18.7 Å². The van der Waals surface area contributed by atoms with Crippen LogP contribution in [-0.2, 0) is 14.3 Å². The molecule has 104 valence electrons. The average Bonchev–Trinajstić information content (AvgIpc) is 2.40. The number of esters is 1. The molecule has 0 atom stereocenters. The molecule has 0 unspecified atom stereocenters. The third kappa shape index (κ3) is 5.23. The Balaban J connectivity index is 2.54. The first-order valence-electron chi connectivity index (χ1n) is 5.76. The Labute approximate surface area is 116 Å². The highest BCUT2D eigenvalue weighted by Crippen LogP contribution is 2.17. The van der Waals surface area contributed by atoms with Gasteiger partial charge in [-0.25, -0.2) is 4.98 Å². The lowest BCUT2D eigenvalue weighted by Gasteiger charge is -2.18. The van der Waals surface area contributed by atoms with Crippen LogP contribution in [0, 0.1) is 0 Å². The maximum atomic E-state index is 11.8. The average molecular weight is 286 g/mol. The van der Waals surface area contributed by atoms with Gasteiger partial charge in [-0.15, -0.1) is 0 Å². The zero-order valence-corrected chi connectivity index (χ0v) is 11.6. The van der Waals surface area contributed by atoms with E-state index in [9.17, 15) is 9.59 Å². The van der Waals surface area contributed by atoms with E-state index in [-0.39, 0.29) is 30.1 Å². The van der Waals surface area contributed by atoms with Gasteiger partial charge in [0, 0.05) is 6.20 Å². The highest BCUT2D eigenvalue weighted by molar-refractivity contribution is 6.32. The molecule has 0 spiro atoms. The van der Waals surface area contributed by atoms with Crippen molar-refractivity contribution in [3.05, 3.63) is 23.5 Å². The minimum atomic E-state index is -0.380. The number of carbonyl (C=O) groups is 2. The molecule has 0 radical (unpaired) electrons. The molecular weight excluding hydrogens is 270 g/mol. The van der Waals surface area contributed by atoms with E-state index in [1.807, 2.05) is 6.92 Å². The molecule has 0 fully saturated rings. The van der Waals surface area contributed by atoms with Crippen LogP contribution >= 0.6 is 11.6 Å². The molecule has 6 nitrogen and oxygen atoms in total. The van der Waals surface area contributed by atoms with Gasteiger partial charge in [0.2, 0.25) is 5.91 Å². The Bertz CT molecular complexity index is 454. The summed E-state index contributed by atoms with van der Waals surface area (Å²) in [7, 11) is 1.31. The number of nitrogens with zero attached hydrogens (tertiary/aromatic N) is 2. The molecule has 7 heteroatoms. The van der Waals surface area contributed by atoms with E-state index in [1.165, 1.54) is 13.3 Å². The fraction of sp³-hybridized carbons (Fsp3) is 0.417. The fourth-order valence-electron chi connectivity index (χ4n) is 1.40. The fourth-order valence-corrected chi connectivity index (χ4v) is 1.57. The topological polar surface area (TPSA) is 71.5 Å². The summed E-state index contributed by atoms with van der Waals surface area (Å²) in [4.78, 5) is 28.5. The quantitative estimate of drug-likeness (QED) is 0.627. The summed E-state index contributed by atoms with van der Waals surface area (Å²) in [6, 6.07) is 3.33. The molecule has 0 aliphatic heterocycles. The maximum Gasteiger partial charge on any atom is 0.319 e. The van der Waals surface area contributed by atoms with Crippen LogP contribution in [0.3, 0.4) is 0 Å². The highest BCUT2D eigenvalue weighted by Gasteiger charge is 2.14. The largest absolute Gasteiger partial charge is 0.468 e. The first-order valence-corrected chi connectivity index (χ1v) is 6.14. The summed E-state index contributed by atoms with van der Waals surface area (Å²) in [5.74, 6) is -0.644. The first-order chi connectivity index (χ1) is 9.06. The zero-order chi connectivity index (χ0) is 14.3. The number of amides is 1. The number of rotatable bonds is 6. The zero-order valence-electron chi connectivity index (χ0n) is 10.9. The van der Waals surface area contributed by atoms with Crippen LogP contribution in [0.4, 0.5) is 5.69 Å². The second-order valence-electron chi connectivity index (χ2n) is 3.77. The van der Waals surface area contributed by atoms with Gasteiger partial charge >= 0.3 is 5.97 Å². The number of ether oxygens (including phenoxy) is 1. The Morgan fingerprint density at radius 1 is 1.47 bits per heavy atom. The second kappa shape index (κ2) is 7.70. The number of carbonyl (C=O) groups excluding carboxylic acids is 2. The molecule has 19 heavy (non-hydrogen) atoms. The third-order valence-corrected chi connectivity index (χ3v) is 2.73. The van der Waals surface area contributed by atoms with Gasteiger partial charge in [0.15, 0.2) is 5.15 Å². The molecule has 0 bridgehead atoms. The van der Waals surface area contributed by atoms with E-state index in [1.54, 1.807) is 17.0 Å². The number of methoxy groups -OCH3 is 1. The summed E-state index contributed by atoms with van der Waals surface area (Å²) in [5.41, 5.74) is 0.447. The van der Waals surface area contributed by atoms with Crippen molar-refractivity contribution in [3.8, 4) is 0 Å². The van der Waals surface area contributed by atoms with E-state index < -0.39 is 0 Å². The molecular formula is C12H16ClN3O3. The lowest BCUT2D eigenvalue weighted by Crippen LogP contribution is -2.37. The summed E-state index contributed by atoms with van der Waals surface area (Å²) < 4.78 is 4.56. The van der Waals surface area contributed by atoms with Gasteiger partial charge in [0.1, 0.15) is 0 Å². The van der Waals surface area contributed by atoms with Crippen LogP contribution in [0.1, 0.15) is 6.92 Å². The number of halogens is 1. The Morgan fingerprint density at radius 2 is 2.21 bits per heavy atom. The minimum absolute atomic E-state index is 0.0706. The van der Waals surface area contributed by atoms with Crippen LogP contribution in [0.15, 0.2) is 18.3 Å². The van der Waals surface area contributed by atoms with Gasteiger partial charge in [0.05, 0.1) is 25.9 Å². The van der Waals surface area contributed by atoms with Crippen LogP contribution in [0.2, 0.25) is 5.15 Å². The molecule has 1 heterocycles. The number of hydrogen-bond acceptors (Lipinski definition) is 5. The first kappa shape index (κ1) is 15.4. The van der Waals surface area contributed by atoms with Crippen LogP contribution in [0.25, 0.3) is 0 Å². The van der Waals surface area contributed by atoms with Crippen molar-refractivity contribution < 1.29 is 14.3 Å². The number of hydrogen-bond donors (Lipinski definition) is 1. The molecule has 1 aromatic rings. The molecule has 1 N–H and O–H groups in total. The van der Waals surface area contributed by atoms with Crippen LogP contribution in [0.5, 0.6) is 0 Å². The number of pyridine rings is 1. The van der Waals surface area contributed by atoms with Crippen molar-refractivity contribution >= 4 is 29.2 Å². The number of anilines is 1. The summed E-state index contributed by atoms with van der Waals surface area (Å²) in [6.45, 7) is 2.56. The van der Waals surface area contributed by atoms with Crippen molar-refractivity contribution in [2.45, 2.75) is 6.92 Å². The van der Waals surface area contributed by atoms with Crippen molar-refractivity contribution in [2.24, 2.45) is 0 Å². The third-order valence-electron chi connectivity index (χ3n) is 2.43. The van der Waals surface area contributed by atoms with Crippen molar-refractivity contribution in [1.29, 1.82) is 0 Å². The minimum Gasteiger partial charge on any atom is -0.468 e. The monoisotopic (exact) mass is 285 g/mol. The van der Waals surface area contributed by atoms with Gasteiger partial charge < -0.3 is 10.1 Å². The van der Waals surface area contributed by atoms with Gasteiger partial charge in [-0.1, -0.05) is 18.5 Å². The molecule has 0 aromatic carbocycles. The Kier molecular flexibility index (Phi) is 6.24. The summed E-state index contributed by atoms with van der Waals surface area (Å²) >= 11 is 5.83. The van der Waals surface area contributed by atoms with Crippen molar-refractivity contribution in [3.63, 3.8) is 0 Å². The highest BCUT2D eigenvalue weighted by atomic mass is 35.5.